The summed E-state index contributed by atoms with van der Waals surface area (Å²) in [5, 5.41) is 5.24. The van der Waals surface area contributed by atoms with Crippen LogP contribution in [-0.2, 0) is 14.8 Å². The highest BCUT2D eigenvalue weighted by Crippen LogP contribution is 2.24. The van der Waals surface area contributed by atoms with Crippen molar-refractivity contribution in [3.05, 3.63) is 65.7 Å². The second-order valence-electron chi connectivity index (χ2n) is 6.32. The van der Waals surface area contributed by atoms with Gasteiger partial charge in [-0.2, -0.15) is 0 Å². The number of benzene rings is 2. The topological polar surface area (TPSA) is 95.6 Å². The lowest BCUT2D eigenvalue weighted by molar-refractivity contribution is -0.111. The van der Waals surface area contributed by atoms with Crippen LogP contribution >= 0.6 is 0 Å². The van der Waals surface area contributed by atoms with Crippen LogP contribution in [0.5, 0.6) is 0 Å². The van der Waals surface area contributed by atoms with E-state index in [9.17, 15) is 18.0 Å². The number of nitrogens with one attached hydrogen (secondary N) is 2. The van der Waals surface area contributed by atoms with Crippen molar-refractivity contribution < 1.29 is 18.0 Å². The van der Waals surface area contributed by atoms with Crippen LogP contribution in [0.1, 0.15) is 22.3 Å². The van der Waals surface area contributed by atoms with Crippen LogP contribution in [0.3, 0.4) is 0 Å². The molecular formula is C20H21N3O4S. The molecule has 0 saturated carbocycles. The summed E-state index contributed by atoms with van der Waals surface area (Å²) < 4.78 is 25.3. The van der Waals surface area contributed by atoms with Gasteiger partial charge in [-0.1, -0.05) is 18.2 Å². The maximum absolute atomic E-state index is 12.1. The highest BCUT2D eigenvalue weighted by Gasteiger charge is 2.28. The molecule has 1 saturated heterocycles. The monoisotopic (exact) mass is 399 g/mol. The average Bonchev–Trinajstić information content (AvgIpc) is 3.05. The van der Waals surface area contributed by atoms with Crippen LogP contribution in [0.2, 0.25) is 0 Å². The first-order chi connectivity index (χ1) is 13.4. The van der Waals surface area contributed by atoms with Gasteiger partial charge in [-0.15, -0.1) is 0 Å². The normalized spacial score (nSPS) is 15.5. The molecule has 8 heteroatoms. The minimum atomic E-state index is -3.20. The predicted octanol–water partition coefficient (Wildman–Crippen LogP) is 2.24. The van der Waals surface area contributed by atoms with Crippen molar-refractivity contribution in [2.24, 2.45) is 0 Å². The Bertz CT molecular complexity index is 1010. The van der Waals surface area contributed by atoms with Crippen LogP contribution in [0.25, 0.3) is 6.08 Å². The molecule has 0 spiro atoms. The summed E-state index contributed by atoms with van der Waals surface area (Å²) in [5.74, 6) is -0.386. The third-order valence-corrected chi connectivity index (χ3v) is 6.20. The minimum Gasteiger partial charge on any atom is -0.355 e. The van der Waals surface area contributed by atoms with Crippen molar-refractivity contribution in [1.29, 1.82) is 0 Å². The highest BCUT2D eigenvalue weighted by molar-refractivity contribution is 7.93. The number of hydrogen-bond donors (Lipinski definition) is 2. The van der Waals surface area contributed by atoms with Crippen LogP contribution in [-0.4, -0.2) is 39.6 Å². The molecule has 0 radical (unpaired) electrons. The fourth-order valence-electron chi connectivity index (χ4n) is 2.92. The van der Waals surface area contributed by atoms with Crippen LogP contribution in [0, 0.1) is 0 Å². The molecule has 1 fully saturated rings. The Kier molecular flexibility index (Phi) is 5.79. The van der Waals surface area contributed by atoms with Crippen LogP contribution < -0.4 is 14.9 Å². The van der Waals surface area contributed by atoms with Gasteiger partial charge in [-0.25, -0.2) is 8.42 Å². The van der Waals surface area contributed by atoms with Crippen molar-refractivity contribution in [2.45, 2.75) is 6.42 Å². The maximum Gasteiger partial charge on any atom is 0.251 e. The lowest BCUT2D eigenvalue weighted by Crippen LogP contribution is -2.24. The molecule has 0 bridgehead atoms. The predicted molar refractivity (Wildman–Crippen MR) is 110 cm³/mol. The van der Waals surface area contributed by atoms with Gasteiger partial charge in [0.1, 0.15) is 0 Å². The third kappa shape index (κ3) is 4.58. The lowest BCUT2D eigenvalue weighted by atomic mass is 10.1. The number of amides is 2. The Morgan fingerprint density at radius 1 is 1.11 bits per heavy atom. The van der Waals surface area contributed by atoms with E-state index in [0.29, 0.717) is 29.9 Å². The van der Waals surface area contributed by atoms with E-state index < -0.39 is 10.0 Å². The molecule has 0 unspecified atom stereocenters. The van der Waals surface area contributed by atoms with E-state index >= 15 is 0 Å². The largest absolute Gasteiger partial charge is 0.355 e. The van der Waals surface area contributed by atoms with E-state index in [-0.39, 0.29) is 17.6 Å². The van der Waals surface area contributed by atoms with Gasteiger partial charge >= 0.3 is 0 Å². The molecule has 2 amide bonds. The van der Waals surface area contributed by atoms with Gasteiger partial charge in [0.2, 0.25) is 15.9 Å². The summed E-state index contributed by atoms with van der Waals surface area (Å²) >= 11 is 0. The number of carbonyl (C=O) groups excluding carboxylic acids is 2. The SMILES string of the molecule is CNC(=O)c1cccc(NC(=O)/C=C/c2ccc(N3CCCS3(=O)=O)cc2)c1. The Morgan fingerprint density at radius 2 is 1.86 bits per heavy atom. The van der Waals surface area contributed by atoms with Crippen molar-refractivity contribution in [3.63, 3.8) is 0 Å². The molecule has 1 aliphatic heterocycles. The fraction of sp³-hybridized carbons (Fsp3) is 0.200. The molecule has 146 valence electrons. The number of carbonyl (C=O) groups is 2. The van der Waals surface area contributed by atoms with E-state index in [2.05, 4.69) is 10.6 Å². The first kappa shape index (κ1) is 19.6. The van der Waals surface area contributed by atoms with Gasteiger partial charge in [0.25, 0.3) is 5.91 Å². The maximum atomic E-state index is 12.1. The summed E-state index contributed by atoms with van der Waals surface area (Å²) in [5.41, 5.74) is 2.38. The van der Waals surface area contributed by atoms with Gasteiger partial charge in [0.05, 0.1) is 11.4 Å². The smallest absolute Gasteiger partial charge is 0.251 e. The molecular weight excluding hydrogens is 378 g/mol. The number of hydrogen-bond acceptors (Lipinski definition) is 4. The molecule has 2 aromatic rings. The zero-order valence-electron chi connectivity index (χ0n) is 15.4. The van der Waals surface area contributed by atoms with Crippen LogP contribution in [0.4, 0.5) is 11.4 Å². The quantitative estimate of drug-likeness (QED) is 0.754. The Hall–Kier alpha value is -3.13. The average molecular weight is 399 g/mol. The second kappa shape index (κ2) is 8.26. The summed E-state index contributed by atoms with van der Waals surface area (Å²) in [7, 11) is -1.66. The van der Waals surface area contributed by atoms with E-state index in [0.717, 1.165) is 5.56 Å². The van der Waals surface area contributed by atoms with Gasteiger partial charge in [-0.3, -0.25) is 13.9 Å². The molecule has 7 nitrogen and oxygen atoms in total. The zero-order valence-corrected chi connectivity index (χ0v) is 16.2. The first-order valence-corrected chi connectivity index (χ1v) is 10.4. The van der Waals surface area contributed by atoms with Crippen molar-refractivity contribution in [3.8, 4) is 0 Å². The number of rotatable bonds is 5. The van der Waals surface area contributed by atoms with Gasteiger partial charge in [0.15, 0.2) is 0 Å². The molecule has 0 aliphatic carbocycles. The first-order valence-electron chi connectivity index (χ1n) is 8.81. The number of sulfonamides is 1. The van der Waals surface area contributed by atoms with Gasteiger partial charge < -0.3 is 10.6 Å². The summed E-state index contributed by atoms with van der Waals surface area (Å²) in [6.07, 6.45) is 3.65. The fourth-order valence-corrected chi connectivity index (χ4v) is 4.48. The van der Waals surface area contributed by atoms with Gasteiger partial charge in [0, 0.05) is 30.9 Å². The molecule has 2 N–H and O–H groups in total. The van der Waals surface area contributed by atoms with E-state index in [1.807, 2.05) is 0 Å². The Morgan fingerprint density at radius 3 is 2.50 bits per heavy atom. The minimum absolute atomic E-state index is 0.177. The number of nitrogens with zero attached hydrogens (tertiary/aromatic N) is 1. The zero-order chi connectivity index (χ0) is 20.1. The van der Waals surface area contributed by atoms with E-state index in [1.165, 1.54) is 10.4 Å². The highest BCUT2D eigenvalue weighted by atomic mass is 32.2. The summed E-state index contributed by atoms with van der Waals surface area (Å²) in [4.78, 5) is 23.8. The molecule has 1 heterocycles. The van der Waals surface area contributed by atoms with Crippen LogP contribution in [0.15, 0.2) is 54.6 Å². The summed E-state index contributed by atoms with van der Waals surface area (Å²) in [6, 6.07) is 13.6. The molecule has 0 atom stereocenters. The second-order valence-corrected chi connectivity index (χ2v) is 8.33. The van der Waals surface area contributed by atoms with Crippen molar-refractivity contribution in [2.75, 3.05) is 29.0 Å². The molecule has 0 aromatic heterocycles. The van der Waals surface area contributed by atoms with Crippen molar-refractivity contribution >= 4 is 39.3 Å². The Labute approximate surface area is 164 Å². The van der Waals surface area contributed by atoms with E-state index in [1.54, 1.807) is 61.7 Å². The van der Waals surface area contributed by atoms with Gasteiger partial charge in [-0.05, 0) is 48.4 Å². The summed E-state index contributed by atoms with van der Waals surface area (Å²) in [6.45, 7) is 0.495. The lowest BCUT2D eigenvalue weighted by Gasteiger charge is -2.16. The molecule has 28 heavy (non-hydrogen) atoms. The van der Waals surface area contributed by atoms with E-state index in [4.69, 9.17) is 0 Å². The third-order valence-electron chi connectivity index (χ3n) is 4.33. The Balaban J connectivity index is 1.64. The molecule has 2 aromatic carbocycles. The molecule has 3 rings (SSSR count). The molecule has 1 aliphatic rings. The number of anilines is 2. The standard InChI is InChI=1S/C20H21N3O4S/c1-21-20(25)16-4-2-5-17(14-16)22-19(24)11-8-15-6-9-18(10-7-15)23-12-3-13-28(23,26)27/h2,4-11,14H,3,12-13H2,1H3,(H,21,25)(H,22,24)/b11-8+. The van der Waals surface area contributed by atoms with Crippen molar-refractivity contribution in [1.82, 2.24) is 5.32 Å².